The van der Waals surface area contributed by atoms with Gasteiger partial charge in [0.05, 0.1) is 5.52 Å². The lowest BCUT2D eigenvalue weighted by molar-refractivity contribution is 1.42. The maximum Gasteiger partial charge on any atom is 0.0536 e. The van der Waals surface area contributed by atoms with E-state index in [1.54, 1.807) is 0 Å². The SMILES string of the molecule is Cc1cccc(-c2cccc3c(C)c[nH]c23)c1. The van der Waals surface area contributed by atoms with Gasteiger partial charge in [0.2, 0.25) is 0 Å². The Kier molecular flexibility index (Phi) is 2.25. The van der Waals surface area contributed by atoms with Crippen LogP contribution in [0.25, 0.3) is 22.0 Å². The van der Waals surface area contributed by atoms with Crippen LogP contribution in [0, 0.1) is 13.8 Å². The van der Waals surface area contributed by atoms with Gasteiger partial charge in [0.15, 0.2) is 0 Å². The molecule has 1 nitrogen and oxygen atoms in total. The number of hydrogen-bond acceptors (Lipinski definition) is 0. The van der Waals surface area contributed by atoms with Crippen LogP contribution in [0.2, 0.25) is 0 Å². The second-order valence-corrected chi connectivity index (χ2v) is 4.57. The molecule has 2 aromatic carbocycles. The fourth-order valence-electron chi connectivity index (χ4n) is 2.35. The highest BCUT2D eigenvalue weighted by atomic mass is 14.7. The minimum Gasteiger partial charge on any atom is -0.360 e. The van der Waals surface area contributed by atoms with E-state index in [0.717, 1.165) is 0 Å². The Morgan fingerprint density at radius 2 is 1.76 bits per heavy atom. The van der Waals surface area contributed by atoms with E-state index >= 15 is 0 Å². The maximum absolute atomic E-state index is 3.37. The van der Waals surface area contributed by atoms with Crippen molar-refractivity contribution < 1.29 is 0 Å². The van der Waals surface area contributed by atoms with Gasteiger partial charge in [-0.15, -0.1) is 0 Å². The number of fused-ring (bicyclic) bond motifs is 1. The summed E-state index contributed by atoms with van der Waals surface area (Å²) < 4.78 is 0. The molecule has 1 heterocycles. The Hall–Kier alpha value is -2.02. The summed E-state index contributed by atoms with van der Waals surface area (Å²) in [7, 11) is 0. The van der Waals surface area contributed by atoms with Crippen molar-refractivity contribution in [3.05, 3.63) is 59.8 Å². The average Bonchev–Trinajstić information content (AvgIpc) is 2.71. The molecule has 84 valence electrons. The molecule has 0 aliphatic rings. The number of nitrogens with one attached hydrogen (secondary N) is 1. The first kappa shape index (κ1) is 10.2. The van der Waals surface area contributed by atoms with Gasteiger partial charge in [-0.3, -0.25) is 0 Å². The van der Waals surface area contributed by atoms with Crippen molar-refractivity contribution in [2.75, 3.05) is 0 Å². The molecule has 17 heavy (non-hydrogen) atoms. The number of aromatic amines is 1. The Labute approximate surface area is 101 Å². The van der Waals surface area contributed by atoms with Crippen LogP contribution >= 0.6 is 0 Å². The molecule has 0 aliphatic carbocycles. The van der Waals surface area contributed by atoms with E-state index in [-0.39, 0.29) is 0 Å². The van der Waals surface area contributed by atoms with Crippen LogP contribution in [0.5, 0.6) is 0 Å². The summed E-state index contributed by atoms with van der Waals surface area (Å²) in [4.78, 5) is 3.37. The fourth-order valence-corrected chi connectivity index (χ4v) is 2.35. The number of benzene rings is 2. The summed E-state index contributed by atoms with van der Waals surface area (Å²) in [5.41, 5.74) is 6.38. The van der Waals surface area contributed by atoms with Crippen molar-refractivity contribution in [2.45, 2.75) is 13.8 Å². The largest absolute Gasteiger partial charge is 0.360 e. The van der Waals surface area contributed by atoms with E-state index in [0.29, 0.717) is 0 Å². The minimum absolute atomic E-state index is 1.23. The van der Waals surface area contributed by atoms with Crippen molar-refractivity contribution in [1.29, 1.82) is 0 Å². The number of H-pyrrole nitrogens is 1. The highest BCUT2D eigenvalue weighted by Crippen LogP contribution is 2.29. The first-order chi connectivity index (χ1) is 8.25. The quantitative estimate of drug-likeness (QED) is 0.624. The Morgan fingerprint density at radius 3 is 2.59 bits per heavy atom. The predicted molar refractivity (Wildman–Crippen MR) is 73.2 cm³/mol. The van der Waals surface area contributed by atoms with Gasteiger partial charge in [0, 0.05) is 17.1 Å². The van der Waals surface area contributed by atoms with Gasteiger partial charge in [-0.2, -0.15) is 0 Å². The zero-order valence-electron chi connectivity index (χ0n) is 10.1. The van der Waals surface area contributed by atoms with Gasteiger partial charge >= 0.3 is 0 Å². The molecule has 0 saturated carbocycles. The summed E-state index contributed by atoms with van der Waals surface area (Å²) in [6.45, 7) is 4.27. The van der Waals surface area contributed by atoms with Crippen LogP contribution in [-0.4, -0.2) is 4.98 Å². The molecule has 0 aliphatic heterocycles. The van der Waals surface area contributed by atoms with E-state index in [2.05, 4.69) is 67.5 Å². The summed E-state index contributed by atoms with van der Waals surface area (Å²) in [5, 5.41) is 1.31. The van der Waals surface area contributed by atoms with Gasteiger partial charge in [0.1, 0.15) is 0 Å². The normalized spacial score (nSPS) is 10.9. The lowest BCUT2D eigenvalue weighted by Gasteiger charge is -2.05. The highest BCUT2D eigenvalue weighted by Gasteiger charge is 2.06. The molecular formula is C16H15N. The third-order valence-corrected chi connectivity index (χ3v) is 3.25. The van der Waals surface area contributed by atoms with Crippen molar-refractivity contribution in [2.24, 2.45) is 0 Å². The zero-order chi connectivity index (χ0) is 11.8. The molecule has 1 aromatic heterocycles. The van der Waals surface area contributed by atoms with Crippen LogP contribution < -0.4 is 0 Å². The molecular weight excluding hydrogens is 206 g/mol. The molecule has 0 saturated heterocycles. The molecule has 0 unspecified atom stereocenters. The monoisotopic (exact) mass is 221 g/mol. The van der Waals surface area contributed by atoms with Crippen LogP contribution in [0.15, 0.2) is 48.7 Å². The third-order valence-electron chi connectivity index (χ3n) is 3.25. The van der Waals surface area contributed by atoms with Crippen molar-refractivity contribution >= 4 is 10.9 Å². The summed E-state index contributed by atoms with van der Waals surface area (Å²) >= 11 is 0. The lowest BCUT2D eigenvalue weighted by atomic mass is 10.0. The standard InChI is InChI=1S/C16H15N/c1-11-5-3-6-13(9-11)15-8-4-7-14-12(2)10-17-16(14)15/h3-10,17H,1-2H3. The van der Waals surface area contributed by atoms with Gasteiger partial charge in [-0.25, -0.2) is 0 Å². The third kappa shape index (κ3) is 1.64. The first-order valence-electron chi connectivity index (χ1n) is 5.89. The number of aryl methyl sites for hydroxylation is 2. The lowest BCUT2D eigenvalue weighted by Crippen LogP contribution is -1.81. The smallest absolute Gasteiger partial charge is 0.0536 e. The van der Waals surface area contributed by atoms with Crippen molar-refractivity contribution in [3.63, 3.8) is 0 Å². The second kappa shape index (κ2) is 3.77. The minimum atomic E-state index is 1.23. The summed E-state index contributed by atoms with van der Waals surface area (Å²) in [6.07, 6.45) is 2.07. The van der Waals surface area contributed by atoms with Crippen LogP contribution in [0.3, 0.4) is 0 Å². The van der Waals surface area contributed by atoms with E-state index in [4.69, 9.17) is 0 Å². The Morgan fingerprint density at radius 1 is 0.941 bits per heavy atom. The maximum atomic E-state index is 3.37. The molecule has 0 bridgehead atoms. The molecule has 1 heteroatoms. The molecule has 0 fully saturated rings. The molecule has 3 aromatic rings. The van der Waals surface area contributed by atoms with E-state index < -0.39 is 0 Å². The van der Waals surface area contributed by atoms with Crippen molar-refractivity contribution in [1.82, 2.24) is 4.98 Å². The van der Waals surface area contributed by atoms with Gasteiger partial charge in [-0.1, -0.05) is 48.0 Å². The fraction of sp³-hybridized carbons (Fsp3) is 0.125. The van der Waals surface area contributed by atoms with Gasteiger partial charge < -0.3 is 4.98 Å². The molecule has 3 rings (SSSR count). The molecule has 0 amide bonds. The Balaban J connectivity index is 2.30. The molecule has 1 N–H and O–H groups in total. The van der Waals surface area contributed by atoms with Gasteiger partial charge in [0.25, 0.3) is 0 Å². The topological polar surface area (TPSA) is 15.8 Å². The van der Waals surface area contributed by atoms with Gasteiger partial charge in [-0.05, 0) is 25.0 Å². The number of aromatic nitrogens is 1. The molecule has 0 spiro atoms. The van der Waals surface area contributed by atoms with Crippen LogP contribution in [0.4, 0.5) is 0 Å². The van der Waals surface area contributed by atoms with Crippen LogP contribution in [0.1, 0.15) is 11.1 Å². The second-order valence-electron chi connectivity index (χ2n) is 4.57. The van der Waals surface area contributed by atoms with Crippen molar-refractivity contribution in [3.8, 4) is 11.1 Å². The molecule has 0 radical (unpaired) electrons. The Bertz CT molecular complexity index is 677. The predicted octanol–water partition coefficient (Wildman–Crippen LogP) is 4.45. The van der Waals surface area contributed by atoms with E-state index in [1.807, 2.05) is 0 Å². The number of hydrogen-bond donors (Lipinski definition) is 1. The average molecular weight is 221 g/mol. The number of rotatable bonds is 1. The number of para-hydroxylation sites is 1. The summed E-state index contributed by atoms with van der Waals surface area (Å²) in [5.74, 6) is 0. The molecule has 0 atom stereocenters. The van der Waals surface area contributed by atoms with Crippen LogP contribution in [-0.2, 0) is 0 Å². The van der Waals surface area contributed by atoms with E-state index in [9.17, 15) is 0 Å². The first-order valence-corrected chi connectivity index (χ1v) is 5.89. The highest BCUT2D eigenvalue weighted by molar-refractivity contribution is 5.96. The summed E-state index contributed by atoms with van der Waals surface area (Å²) in [6, 6.07) is 15.1. The van der Waals surface area contributed by atoms with E-state index in [1.165, 1.54) is 33.2 Å². The zero-order valence-corrected chi connectivity index (χ0v) is 10.1.